The molecule has 0 aliphatic heterocycles. The molecular formula is C13H8N2O3S. The molecule has 94 valence electrons. The number of anilines is 1. The highest BCUT2D eigenvalue weighted by Crippen LogP contribution is 2.20. The maximum absolute atomic E-state index is 11.8. The van der Waals surface area contributed by atoms with Crippen LogP contribution < -0.4 is 10.9 Å². The highest BCUT2D eigenvalue weighted by atomic mass is 32.1. The summed E-state index contributed by atoms with van der Waals surface area (Å²) in [6.45, 7) is 0. The van der Waals surface area contributed by atoms with E-state index < -0.39 is 5.91 Å². The first-order chi connectivity index (χ1) is 9.24. The molecule has 0 saturated heterocycles. The van der Waals surface area contributed by atoms with Gasteiger partial charge < -0.3 is 4.42 Å². The smallest absolute Gasteiger partial charge is 0.293 e. The first-order valence-electron chi connectivity index (χ1n) is 5.49. The van der Waals surface area contributed by atoms with Crippen LogP contribution in [0, 0.1) is 0 Å². The summed E-state index contributed by atoms with van der Waals surface area (Å²) in [7, 11) is 0. The molecular weight excluding hydrogens is 264 g/mol. The van der Waals surface area contributed by atoms with Crippen LogP contribution in [0.25, 0.3) is 10.1 Å². The molecule has 1 amide bonds. The first-order valence-corrected chi connectivity index (χ1v) is 6.30. The number of hydrogen-bond donors (Lipinski definition) is 1. The van der Waals surface area contributed by atoms with E-state index >= 15 is 0 Å². The molecule has 6 heteroatoms. The second-order valence-corrected chi connectivity index (χ2v) is 4.78. The normalized spacial score (nSPS) is 10.5. The summed E-state index contributed by atoms with van der Waals surface area (Å²) >= 11 is 1.24. The molecule has 1 N–H and O–H groups in total. The molecule has 19 heavy (non-hydrogen) atoms. The Morgan fingerprint density at radius 2 is 2.05 bits per heavy atom. The maximum Gasteiger partial charge on any atom is 0.293 e. The zero-order valence-corrected chi connectivity index (χ0v) is 10.4. The van der Waals surface area contributed by atoms with E-state index in [0.717, 1.165) is 4.70 Å². The first kappa shape index (κ1) is 11.6. The van der Waals surface area contributed by atoms with Crippen molar-refractivity contribution in [3.8, 4) is 0 Å². The van der Waals surface area contributed by atoms with Crippen LogP contribution in [0.4, 0.5) is 5.13 Å². The fourth-order valence-corrected chi connectivity index (χ4v) is 2.52. The molecule has 2 aromatic heterocycles. The fraction of sp³-hybridized carbons (Fsp3) is 0. The predicted octanol–water partition coefficient (Wildman–Crippen LogP) is 2.50. The summed E-state index contributed by atoms with van der Waals surface area (Å²) < 4.78 is 5.75. The molecule has 0 saturated carbocycles. The van der Waals surface area contributed by atoms with Gasteiger partial charge in [-0.3, -0.25) is 14.9 Å². The average molecular weight is 272 g/mol. The topological polar surface area (TPSA) is 72.2 Å². The molecule has 0 fully saturated rings. The summed E-state index contributed by atoms with van der Waals surface area (Å²) in [6.07, 6.45) is 1.41. The summed E-state index contributed by atoms with van der Waals surface area (Å²) in [5.41, 5.74) is -0.357. The van der Waals surface area contributed by atoms with E-state index in [0.29, 0.717) is 5.39 Å². The molecule has 0 radical (unpaired) electrons. The van der Waals surface area contributed by atoms with E-state index in [1.165, 1.54) is 17.6 Å². The Balaban J connectivity index is 1.98. The number of hydrogen-bond acceptors (Lipinski definition) is 5. The summed E-state index contributed by atoms with van der Waals surface area (Å²) in [4.78, 5) is 27.4. The molecule has 2 heterocycles. The van der Waals surface area contributed by atoms with Gasteiger partial charge in [0.1, 0.15) is 0 Å². The molecule has 3 rings (SSSR count). The van der Waals surface area contributed by atoms with Gasteiger partial charge in [-0.25, -0.2) is 0 Å². The number of nitrogens with zero attached hydrogens (tertiary/aromatic N) is 1. The summed E-state index contributed by atoms with van der Waals surface area (Å²) in [5.74, 6) is -0.252. The number of amides is 1. The van der Waals surface area contributed by atoms with Crippen molar-refractivity contribution in [3.63, 3.8) is 0 Å². The van der Waals surface area contributed by atoms with Crippen LogP contribution in [0.1, 0.15) is 10.6 Å². The van der Waals surface area contributed by atoms with Crippen molar-refractivity contribution in [3.05, 3.63) is 58.8 Å². The highest BCUT2D eigenvalue weighted by molar-refractivity contribution is 7.21. The van der Waals surface area contributed by atoms with Gasteiger partial charge in [0.25, 0.3) is 11.5 Å². The van der Waals surface area contributed by atoms with Gasteiger partial charge in [-0.05, 0) is 24.3 Å². The second kappa shape index (κ2) is 4.66. The van der Waals surface area contributed by atoms with Crippen LogP contribution in [0.5, 0.6) is 0 Å². The van der Waals surface area contributed by atoms with Gasteiger partial charge in [0.15, 0.2) is 10.9 Å². The Bertz CT molecular complexity index is 793. The van der Waals surface area contributed by atoms with Gasteiger partial charge in [-0.2, -0.15) is 4.98 Å². The lowest BCUT2D eigenvalue weighted by atomic mass is 10.3. The minimum atomic E-state index is -0.427. The van der Waals surface area contributed by atoms with Crippen molar-refractivity contribution in [2.45, 2.75) is 0 Å². The van der Waals surface area contributed by atoms with Crippen molar-refractivity contribution >= 4 is 32.5 Å². The van der Waals surface area contributed by atoms with Gasteiger partial charge >= 0.3 is 0 Å². The highest BCUT2D eigenvalue weighted by Gasteiger charge is 2.11. The van der Waals surface area contributed by atoms with Crippen LogP contribution >= 0.6 is 11.3 Å². The van der Waals surface area contributed by atoms with E-state index in [1.54, 1.807) is 24.3 Å². The standard InChI is InChI=1S/C13H8N2O3S/c16-11-8-4-1-2-6-10(8)19-13(14-11)15-12(17)9-5-3-7-18-9/h1-7H,(H,14,15,16,17). The molecule has 0 bridgehead atoms. The number of aromatic nitrogens is 1. The van der Waals surface area contributed by atoms with Gasteiger partial charge in [0, 0.05) is 4.70 Å². The third-order valence-electron chi connectivity index (χ3n) is 2.49. The van der Waals surface area contributed by atoms with Crippen molar-refractivity contribution in [1.82, 2.24) is 4.98 Å². The van der Waals surface area contributed by atoms with E-state index in [2.05, 4.69) is 10.3 Å². The fourth-order valence-electron chi connectivity index (χ4n) is 1.63. The minimum absolute atomic E-state index is 0.176. The maximum atomic E-state index is 11.8. The van der Waals surface area contributed by atoms with Crippen LogP contribution in [0.2, 0.25) is 0 Å². The lowest BCUT2D eigenvalue weighted by Gasteiger charge is -2.02. The van der Waals surface area contributed by atoms with Crippen LogP contribution in [-0.4, -0.2) is 10.9 Å². The monoisotopic (exact) mass is 272 g/mol. The minimum Gasteiger partial charge on any atom is -0.459 e. The van der Waals surface area contributed by atoms with Crippen molar-refractivity contribution in [1.29, 1.82) is 0 Å². The Kier molecular flexibility index (Phi) is 2.85. The quantitative estimate of drug-likeness (QED) is 0.778. The number of carbonyl (C=O) groups is 1. The van der Waals surface area contributed by atoms with Crippen LogP contribution in [-0.2, 0) is 0 Å². The third kappa shape index (κ3) is 2.25. The molecule has 1 aromatic carbocycles. The average Bonchev–Trinajstić information content (AvgIpc) is 2.93. The van der Waals surface area contributed by atoms with E-state index in [-0.39, 0.29) is 16.5 Å². The van der Waals surface area contributed by atoms with Crippen LogP contribution in [0.15, 0.2) is 51.9 Å². The van der Waals surface area contributed by atoms with Crippen molar-refractivity contribution in [2.75, 3.05) is 5.32 Å². The molecule has 3 aromatic rings. The van der Waals surface area contributed by atoms with Crippen molar-refractivity contribution in [2.24, 2.45) is 0 Å². The zero-order chi connectivity index (χ0) is 13.2. The number of benzene rings is 1. The van der Waals surface area contributed by atoms with Gasteiger partial charge in [0.2, 0.25) is 0 Å². The Morgan fingerprint density at radius 1 is 1.21 bits per heavy atom. The van der Waals surface area contributed by atoms with Gasteiger partial charge in [0.05, 0.1) is 11.6 Å². The van der Waals surface area contributed by atoms with Crippen molar-refractivity contribution < 1.29 is 9.21 Å². The lowest BCUT2D eigenvalue weighted by Crippen LogP contribution is -2.15. The number of nitrogens with one attached hydrogen (secondary N) is 1. The van der Waals surface area contributed by atoms with Crippen LogP contribution in [0.3, 0.4) is 0 Å². The third-order valence-corrected chi connectivity index (χ3v) is 3.46. The summed E-state index contributed by atoms with van der Waals surface area (Å²) in [6, 6.07) is 10.3. The Morgan fingerprint density at radius 3 is 2.84 bits per heavy atom. The second-order valence-electron chi connectivity index (χ2n) is 3.75. The Hall–Kier alpha value is -2.47. The number of fused-ring (bicyclic) bond motifs is 1. The predicted molar refractivity (Wildman–Crippen MR) is 72.6 cm³/mol. The number of rotatable bonds is 2. The van der Waals surface area contributed by atoms with E-state index in [4.69, 9.17) is 4.42 Å². The number of carbonyl (C=O) groups excluding carboxylic acids is 1. The van der Waals surface area contributed by atoms with E-state index in [1.807, 2.05) is 12.1 Å². The molecule has 0 atom stereocenters. The van der Waals surface area contributed by atoms with Gasteiger partial charge in [-0.15, -0.1) is 0 Å². The Labute approximate surface area is 111 Å². The van der Waals surface area contributed by atoms with Gasteiger partial charge in [-0.1, -0.05) is 23.5 Å². The SMILES string of the molecule is O=C(Nc1nc(=O)c2ccccc2s1)c1ccco1. The molecule has 0 aliphatic rings. The molecule has 0 spiro atoms. The van der Waals surface area contributed by atoms with E-state index in [9.17, 15) is 9.59 Å². The zero-order valence-electron chi connectivity index (χ0n) is 9.62. The molecule has 5 nitrogen and oxygen atoms in total. The lowest BCUT2D eigenvalue weighted by molar-refractivity contribution is 0.0996. The summed E-state index contributed by atoms with van der Waals surface area (Å²) in [5, 5.41) is 3.35. The molecule has 0 aliphatic carbocycles. The largest absolute Gasteiger partial charge is 0.459 e. The molecule has 0 unspecified atom stereocenters. The number of furan rings is 1.